The molecule has 36 heavy (non-hydrogen) atoms. The van der Waals surface area contributed by atoms with Gasteiger partial charge in [-0.1, -0.05) is 18.2 Å². The first-order chi connectivity index (χ1) is 17.7. The largest absolute Gasteiger partial charge is 0.474 e. The second-order valence-corrected chi connectivity index (χ2v) is 10.1. The summed E-state index contributed by atoms with van der Waals surface area (Å²) < 4.78 is 6.10. The zero-order valence-electron chi connectivity index (χ0n) is 20.3. The number of hydrogen-bond donors (Lipinski definition) is 1. The van der Waals surface area contributed by atoms with E-state index in [1.54, 1.807) is 12.5 Å². The van der Waals surface area contributed by atoms with Crippen LogP contribution >= 0.6 is 0 Å². The van der Waals surface area contributed by atoms with Gasteiger partial charge in [-0.3, -0.25) is 4.98 Å². The van der Waals surface area contributed by atoms with Crippen LogP contribution in [0.15, 0.2) is 67.3 Å². The van der Waals surface area contributed by atoms with Gasteiger partial charge in [0.2, 0.25) is 5.88 Å². The van der Waals surface area contributed by atoms with E-state index in [-0.39, 0.29) is 6.10 Å². The quantitative estimate of drug-likeness (QED) is 0.425. The minimum atomic E-state index is 0.233. The molecule has 1 unspecified atom stereocenters. The molecule has 1 aliphatic heterocycles. The molecule has 1 saturated heterocycles. The van der Waals surface area contributed by atoms with Gasteiger partial charge in [-0.15, -0.1) is 0 Å². The number of benzene rings is 1. The summed E-state index contributed by atoms with van der Waals surface area (Å²) in [5, 5.41) is 4.42. The average molecular weight is 477 g/mol. The van der Waals surface area contributed by atoms with Crippen LogP contribution in [0.1, 0.15) is 42.0 Å². The molecule has 2 fully saturated rings. The Bertz CT molecular complexity index is 1460. The fraction of sp³-hybridized carbons (Fsp3) is 0.310. The molecule has 2 aliphatic carbocycles. The van der Waals surface area contributed by atoms with Crippen LogP contribution in [-0.4, -0.2) is 51.1 Å². The maximum atomic E-state index is 6.10. The molecule has 1 saturated carbocycles. The lowest BCUT2D eigenvalue weighted by molar-refractivity contribution is 0.110. The van der Waals surface area contributed by atoms with Crippen LogP contribution in [0.3, 0.4) is 0 Å². The summed E-state index contributed by atoms with van der Waals surface area (Å²) in [7, 11) is 2.15. The van der Waals surface area contributed by atoms with Crippen molar-refractivity contribution < 1.29 is 4.74 Å². The van der Waals surface area contributed by atoms with Crippen molar-refractivity contribution in [2.45, 2.75) is 31.3 Å². The standard InChI is InChI=1S/C29H28N6O/c1-35-11-8-21(9-12-35)36-27-7-5-20(16-31-27)34-29-25-13-18(4-6-26(25)32-17-33-29)23-14-19-15-24(19)28-22(23)3-2-10-30-28/h2-7,10,13-14,16-17,19,21,24H,8-9,11-12,15H2,1H3,(H,32,33,34)/t19-,24?/m0/s1. The van der Waals surface area contributed by atoms with Crippen LogP contribution in [-0.2, 0) is 0 Å². The number of allylic oxidation sites excluding steroid dienone is 1. The number of nitrogens with one attached hydrogen (secondary N) is 1. The molecule has 0 spiro atoms. The van der Waals surface area contributed by atoms with Crippen molar-refractivity contribution in [3.63, 3.8) is 0 Å². The fourth-order valence-electron chi connectivity index (χ4n) is 5.47. The molecule has 1 N–H and O–H groups in total. The van der Waals surface area contributed by atoms with Crippen molar-refractivity contribution in [1.82, 2.24) is 24.8 Å². The maximum absolute atomic E-state index is 6.10. The van der Waals surface area contributed by atoms with Crippen molar-refractivity contribution in [2.75, 3.05) is 25.5 Å². The smallest absolute Gasteiger partial charge is 0.213 e. The molecule has 0 bridgehead atoms. The predicted octanol–water partition coefficient (Wildman–Crippen LogP) is 5.19. The van der Waals surface area contributed by atoms with Gasteiger partial charge in [0.1, 0.15) is 18.2 Å². The molecule has 7 heteroatoms. The van der Waals surface area contributed by atoms with E-state index >= 15 is 0 Å². The lowest BCUT2D eigenvalue weighted by atomic mass is 9.89. The molecule has 7 nitrogen and oxygen atoms in total. The lowest BCUT2D eigenvalue weighted by Crippen LogP contribution is -2.35. The van der Waals surface area contributed by atoms with Gasteiger partial charge in [0.15, 0.2) is 0 Å². The Hall–Kier alpha value is -3.84. The number of nitrogens with zero attached hydrogens (tertiary/aromatic N) is 5. The van der Waals surface area contributed by atoms with E-state index in [9.17, 15) is 0 Å². The van der Waals surface area contributed by atoms with E-state index in [1.807, 2.05) is 24.4 Å². The molecule has 3 aliphatic rings. The van der Waals surface area contributed by atoms with E-state index in [2.05, 4.69) is 62.6 Å². The molecule has 0 amide bonds. The van der Waals surface area contributed by atoms with Gasteiger partial charge in [0, 0.05) is 42.2 Å². The van der Waals surface area contributed by atoms with E-state index < -0.39 is 0 Å². The molecule has 4 aromatic rings. The minimum Gasteiger partial charge on any atom is -0.474 e. The molecule has 2 atom stereocenters. The number of ether oxygens (including phenoxy) is 1. The first-order valence-electron chi connectivity index (χ1n) is 12.7. The van der Waals surface area contributed by atoms with Crippen molar-refractivity contribution in [1.29, 1.82) is 0 Å². The van der Waals surface area contributed by atoms with Gasteiger partial charge in [-0.05, 0) is 67.6 Å². The highest BCUT2D eigenvalue weighted by atomic mass is 16.5. The Kier molecular flexibility index (Phi) is 5.17. The van der Waals surface area contributed by atoms with Crippen molar-refractivity contribution >= 4 is 28.0 Å². The highest BCUT2D eigenvalue weighted by molar-refractivity contribution is 5.95. The van der Waals surface area contributed by atoms with Gasteiger partial charge in [-0.25, -0.2) is 15.0 Å². The molecular formula is C29H28N6O. The summed E-state index contributed by atoms with van der Waals surface area (Å²) in [5.74, 6) is 2.62. The number of piperidine rings is 1. The molecule has 4 heterocycles. The Labute approximate surface area is 210 Å². The normalized spacial score (nSPS) is 21.4. The van der Waals surface area contributed by atoms with Crippen molar-refractivity contribution in [3.8, 4) is 5.88 Å². The van der Waals surface area contributed by atoms with Crippen LogP contribution in [0.4, 0.5) is 11.5 Å². The van der Waals surface area contributed by atoms with Crippen LogP contribution in [0, 0.1) is 5.92 Å². The molecule has 1 aromatic carbocycles. The third-order valence-electron chi connectivity index (χ3n) is 7.60. The zero-order chi connectivity index (χ0) is 24.1. The van der Waals surface area contributed by atoms with Gasteiger partial charge < -0.3 is 15.0 Å². The highest BCUT2D eigenvalue weighted by Crippen LogP contribution is 2.54. The summed E-state index contributed by atoms with van der Waals surface area (Å²) >= 11 is 0. The first-order valence-corrected chi connectivity index (χ1v) is 12.7. The van der Waals surface area contributed by atoms with Crippen LogP contribution in [0.25, 0.3) is 16.5 Å². The minimum absolute atomic E-state index is 0.233. The molecule has 0 radical (unpaired) electrons. The topological polar surface area (TPSA) is 76.1 Å². The average Bonchev–Trinajstić information content (AvgIpc) is 3.71. The molecular weight excluding hydrogens is 448 g/mol. The monoisotopic (exact) mass is 476 g/mol. The molecule has 7 rings (SSSR count). The third-order valence-corrected chi connectivity index (χ3v) is 7.60. The second-order valence-electron chi connectivity index (χ2n) is 10.1. The predicted molar refractivity (Wildman–Crippen MR) is 140 cm³/mol. The molecule has 3 aromatic heterocycles. The number of anilines is 2. The first kappa shape index (κ1) is 21.4. The van der Waals surface area contributed by atoms with Gasteiger partial charge in [0.05, 0.1) is 23.1 Å². The van der Waals surface area contributed by atoms with Crippen molar-refractivity contribution in [2.24, 2.45) is 5.92 Å². The zero-order valence-corrected chi connectivity index (χ0v) is 20.3. The lowest BCUT2D eigenvalue weighted by Gasteiger charge is -2.28. The van der Waals surface area contributed by atoms with E-state index in [4.69, 9.17) is 9.72 Å². The van der Waals surface area contributed by atoms with E-state index in [0.717, 1.165) is 48.3 Å². The molecule has 180 valence electrons. The Balaban J connectivity index is 1.15. The van der Waals surface area contributed by atoms with Crippen LogP contribution in [0.2, 0.25) is 0 Å². The number of fused-ring (bicyclic) bond motifs is 4. The van der Waals surface area contributed by atoms with E-state index in [0.29, 0.717) is 17.7 Å². The third kappa shape index (κ3) is 3.99. The van der Waals surface area contributed by atoms with Gasteiger partial charge >= 0.3 is 0 Å². The van der Waals surface area contributed by atoms with Crippen LogP contribution in [0.5, 0.6) is 5.88 Å². The summed E-state index contributed by atoms with van der Waals surface area (Å²) in [4.78, 5) is 20.6. The SMILES string of the molecule is CN1CCC(Oc2ccc(Nc3ncnc4ccc(C5=C[C@H]6CC6c6ncccc65)cc34)cn2)CC1. The van der Waals surface area contributed by atoms with Gasteiger partial charge in [-0.2, -0.15) is 0 Å². The van der Waals surface area contributed by atoms with Gasteiger partial charge in [0.25, 0.3) is 0 Å². The van der Waals surface area contributed by atoms with Crippen molar-refractivity contribution in [3.05, 3.63) is 84.1 Å². The maximum Gasteiger partial charge on any atom is 0.213 e. The number of rotatable bonds is 5. The number of pyridine rings is 2. The highest BCUT2D eigenvalue weighted by Gasteiger charge is 2.42. The van der Waals surface area contributed by atoms with Crippen LogP contribution < -0.4 is 10.1 Å². The number of likely N-dealkylation sites (tertiary alicyclic amines) is 1. The Morgan fingerprint density at radius 3 is 2.78 bits per heavy atom. The Morgan fingerprint density at radius 2 is 1.92 bits per heavy atom. The number of aromatic nitrogens is 4. The summed E-state index contributed by atoms with van der Waals surface area (Å²) in [5.41, 5.74) is 6.66. The van der Waals surface area contributed by atoms with E-state index in [1.165, 1.54) is 28.8 Å². The fourth-order valence-corrected chi connectivity index (χ4v) is 5.47. The summed E-state index contributed by atoms with van der Waals surface area (Å²) in [6.45, 7) is 2.13. The second kappa shape index (κ2) is 8.68. The number of hydrogen-bond acceptors (Lipinski definition) is 7. The summed E-state index contributed by atoms with van der Waals surface area (Å²) in [6, 6.07) is 14.6. The Morgan fingerprint density at radius 1 is 1.00 bits per heavy atom. The summed E-state index contributed by atoms with van der Waals surface area (Å²) in [6.07, 6.45) is 11.2.